The zero-order valence-corrected chi connectivity index (χ0v) is 10.8. The summed E-state index contributed by atoms with van der Waals surface area (Å²) in [5.41, 5.74) is 12.4. The van der Waals surface area contributed by atoms with Crippen molar-refractivity contribution in [3.05, 3.63) is 9.75 Å². The van der Waals surface area contributed by atoms with E-state index < -0.39 is 5.97 Å². The number of carbonyl (C=O) groups excluding carboxylic acids is 2. The first-order valence-corrected chi connectivity index (χ1v) is 6.30. The Morgan fingerprint density at radius 2 is 1.65 bits per heavy atom. The second-order valence-corrected chi connectivity index (χ2v) is 5.70. The summed E-state index contributed by atoms with van der Waals surface area (Å²) in [6.07, 6.45) is 0. The van der Waals surface area contributed by atoms with Gasteiger partial charge in [-0.05, 0) is 0 Å². The minimum atomic E-state index is -0.486. The molecule has 90 valence electrons. The summed E-state index contributed by atoms with van der Waals surface area (Å²) in [4.78, 5) is 23.6. The molecule has 0 radical (unpaired) electrons. The number of methoxy groups -OCH3 is 1. The van der Waals surface area contributed by atoms with Crippen molar-refractivity contribution in [3.8, 4) is 0 Å². The first kappa shape index (κ1) is 11.9. The van der Waals surface area contributed by atoms with Crippen LogP contribution < -0.4 is 11.5 Å². The molecule has 0 unspecified atom stereocenters. The lowest BCUT2D eigenvalue weighted by molar-refractivity contribution is 0.0607. The van der Waals surface area contributed by atoms with Gasteiger partial charge < -0.3 is 16.2 Å². The number of ketones is 1. The van der Waals surface area contributed by atoms with Gasteiger partial charge in [0.25, 0.3) is 0 Å². The number of anilines is 2. The van der Waals surface area contributed by atoms with Crippen molar-refractivity contribution in [2.24, 2.45) is 0 Å². The minimum Gasteiger partial charge on any atom is -0.465 e. The molecule has 0 spiro atoms. The maximum atomic E-state index is 11.4. The number of Topliss-reactive ketones (excluding diaryl/α,β-unsaturated/α-hetero) is 1. The Balaban J connectivity index is 2.71. The summed E-state index contributed by atoms with van der Waals surface area (Å²) in [5, 5.41) is 0.589. The summed E-state index contributed by atoms with van der Waals surface area (Å²) in [6, 6.07) is 0. The number of fused-ring (bicyclic) bond motifs is 1. The van der Waals surface area contributed by atoms with Gasteiger partial charge in [0.15, 0.2) is 5.78 Å². The highest BCUT2D eigenvalue weighted by Gasteiger charge is 2.23. The average molecular weight is 270 g/mol. The maximum Gasteiger partial charge on any atom is 0.350 e. The molecule has 0 aliphatic rings. The molecule has 2 aromatic heterocycles. The van der Waals surface area contributed by atoms with Crippen molar-refractivity contribution in [2.75, 3.05) is 18.6 Å². The van der Waals surface area contributed by atoms with Gasteiger partial charge in [-0.15, -0.1) is 22.7 Å². The molecule has 0 aromatic carbocycles. The van der Waals surface area contributed by atoms with E-state index >= 15 is 0 Å². The molecule has 5 nitrogen and oxygen atoms in total. The number of thiophene rings is 2. The van der Waals surface area contributed by atoms with Gasteiger partial charge in [0.05, 0.1) is 32.8 Å². The monoisotopic (exact) mass is 270 g/mol. The van der Waals surface area contributed by atoms with Crippen LogP contribution in [0.5, 0.6) is 0 Å². The molecule has 4 N–H and O–H groups in total. The zero-order valence-electron chi connectivity index (χ0n) is 9.20. The Morgan fingerprint density at radius 3 is 2.12 bits per heavy atom. The van der Waals surface area contributed by atoms with Crippen molar-refractivity contribution in [2.45, 2.75) is 6.92 Å². The predicted molar refractivity (Wildman–Crippen MR) is 69.9 cm³/mol. The summed E-state index contributed by atoms with van der Waals surface area (Å²) >= 11 is 2.45. The average Bonchev–Trinajstić information content (AvgIpc) is 2.77. The van der Waals surface area contributed by atoms with Crippen molar-refractivity contribution in [1.82, 2.24) is 0 Å². The van der Waals surface area contributed by atoms with Crippen molar-refractivity contribution >= 4 is 55.2 Å². The molecule has 0 saturated carbocycles. The van der Waals surface area contributed by atoms with Crippen molar-refractivity contribution < 1.29 is 14.3 Å². The second-order valence-electron chi connectivity index (χ2n) is 3.40. The lowest BCUT2D eigenvalue weighted by Gasteiger charge is -1.98. The number of nitrogens with two attached hydrogens (primary N) is 2. The Labute approximate surface area is 105 Å². The van der Waals surface area contributed by atoms with E-state index in [9.17, 15) is 9.59 Å². The summed E-state index contributed by atoms with van der Waals surface area (Å²) < 4.78 is 5.39. The molecule has 0 saturated heterocycles. The van der Waals surface area contributed by atoms with Gasteiger partial charge in [-0.1, -0.05) is 0 Å². The van der Waals surface area contributed by atoms with Gasteiger partial charge in [0.2, 0.25) is 0 Å². The molecule has 0 bridgehead atoms. The fourth-order valence-corrected chi connectivity index (χ4v) is 3.93. The fraction of sp³-hybridized carbons (Fsp3) is 0.200. The fourth-order valence-electron chi connectivity index (χ4n) is 1.52. The molecule has 0 atom stereocenters. The molecule has 0 aliphatic carbocycles. The van der Waals surface area contributed by atoms with Crippen LogP contribution in [0.25, 0.3) is 9.40 Å². The van der Waals surface area contributed by atoms with Crippen molar-refractivity contribution in [3.63, 3.8) is 0 Å². The molecule has 0 amide bonds. The zero-order chi connectivity index (χ0) is 12.7. The van der Waals surface area contributed by atoms with Crippen LogP contribution in [-0.4, -0.2) is 18.9 Å². The predicted octanol–water partition coefficient (Wildman–Crippen LogP) is 2.12. The van der Waals surface area contributed by atoms with E-state index in [1.807, 2.05) is 0 Å². The minimum absolute atomic E-state index is 0.102. The third kappa shape index (κ3) is 1.67. The smallest absolute Gasteiger partial charge is 0.350 e. The SMILES string of the molecule is COC(=O)c1sc2sc(C(C)=O)c(N)c2c1N. The van der Waals surface area contributed by atoms with Crippen molar-refractivity contribution in [1.29, 1.82) is 0 Å². The van der Waals surface area contributed by atoms with Gasteiger partial charge in [-0.3, -0.25) is 4.79 Å². The van der Waals surface area contributed by atoms with Crippen LogP contribution in [0.4, 0.5) is 11.4 Å². The quantitative estimate of drug-likeness (QED) is 0.643. The van der Waals surface area contributed by atoms with E-state index in [-0.39, 0.29) is 11.5 Å². The van der Waals surface area contributed by atoms with Gasteiger partial charge in [0.1, 0.15) is 4.88 Å². The molecule has 0 aliphatic heterocycles. The summed E-state index contributed by atoms with van der Waals surface area (Å²) in [5.74, 6) is -0.588. The van der Waals surface area contributed by atoms with E-state index in [0.29, 0.717) is 20.8 Å². The number of esters is 1. The molecular weight excluding hydrogens is 260 g/mol. The van der Waals surface area contributed by atoms with Crippen LogP contribution >= 0.6 is 22.7 Å². The molecular formula is C10H10N2O3S2. The largest absolute Gasteiger partial charge is 0.465 e. The molecule has 7 heteroatoms. The first-order valence-electron chi connectivity index (χ1n) is 4.66. The first-order chi connectivity index (χ1) is 7.97. The van der Waals surface area contributed by atoms with E-state index in [1.165, 1.54) is 36.7 Å². The lowest BCUT2D eigenvalue weighted by atomic mass is 10.2. The Hall–Kier alpha value is -1.60. The summed E-state index contributed by atoms with van der Waals surface area (Å²) in [6.45, 7) is 1.45. The molecule has 2 rings (SSSR count). The Kier molecular flexibility index (Phi) is 2.80. The highest BCUT2D eigenvalue weighted by atomic mass is 32.2. The van der Waals surface area contributed by atoms with E-state index in [4.69, 9.17) is 11.5 Å². The van der Waals surface area contributed by atoms with E-state index in [0.717, 1.165) is 4.01 Å². The molecule has 17 heavy (non-hydrogen) atoms. The third-order valence-corrected chi connectivity index (χ3v) is 4.89. The topological polar surface area (TPSA) is 95.4 Å². The number of ether oxygens (including phenoxy) is 1. The van der Waals surface area contributed by atoms with Gasteiger partial charge in [0, 0.05) is 6.92 Å². The van der Waals surface area contributed by atoms with Crippen LogP contribution in [0.3, 0.4) is 0 Å². The number of hydrogen-bond acceptors (Lipinski definition) is 7. The second kappa shape index (κ2) is 4.01. The third-order valence-electron chi connectivity index (χ3n) is 2.31. The van der Waals surface area contributed by atoms with E-state index in [2.05, 4.69) is 4.74 Å². The highest BCUT2D eigenvalue weighted by molar-refractivity contribution is 7.40. The van der Waals surface area contributed by atoms with Crippen LogP contribution in [0.15, 0.2) is 0 Å². The van der Waals surface area contributed by atoms with Crippen LogP contribution in [0.1, 0.15) is 26.3 Å². The Morgan fingerprint density at radius 1 is 1.12 bits per heavy atom. The maximum absolute atomic E-state index is 11.4. The lowest BCUT2D eigenvalue weighted by Crippen LogP contribution is -2.02. The van der Waals surface area contributed by atoms with Crippen LogP contribution in [-0.2, 0) is 4.74 Å². The number of hydrogen-bond donors (Lipinski definition) is 2. The normalized spacial score (nSPS) is 10.7. The van der Waals surface area contributed by atoms with Gasteiger partial charge in [-0.2, -0.15) is 0 Å². The summed E-state index contributed by atoms with van der Waals surface area (Å²) in [7, 11) is 1.29. The number of rotatable bonds is 2. The Bertz CT molecular complexity index is 627. The molecule has 0 fully saturated rings. The van der Waals surface area contributed by atoms with E-state index in [1.54, 1.807) is 0 Å². The molecule has 2 heterocycles. The van der Waals surface area contributed by atoms with Crippen LogP contribution in [0, 0.1) is 0 Å². The number of carbonyl (C=O) groups is 2. The van der Waals surface area contributed by atoms with Gasteiger partial charge >= 0.3 is 5.97 Å². The highest BCUT2D eigenvalue weighted by Crippen LogP contribution is 2.44. The van der Waals surface area contributed by atoms with Gasteiger partial charge in [-0.25, -0.2) is 4.79 Å². The van der Waals surface area contributed by atoms with Crippen LogP contribution in [0.2, 0.25) is 0 Å². The standard InChI is InChI=1S/C10H10N2O3S2/c1-3(13)7-5(11)4-6(12)8(9(14)15-2)17-10(4)16-7/h11-12H2,1-2H3. The molecule has 2 aromatic rings. The number of nitrogen functional groups attached to an aromatic ring is 2.